The molecule has 66 valence electrons. The lowest BCUT2D eigenvalue weighted by Crippen LogP contribution is -2.25. The summed E-state index contributed by atoms with van der Waals surface area (Å²) in [7, 11) is 0. The Morgan fingerprint density at radius 2 is 2.23 bits per heavy atom. The minimum absolute atomic E-state index is 0.0166. The van der Waals surface area contributed by atoms with E-state index in [2.05, 4.69) is 0 Å². The Balaban J connectivity index is 2.86. The smallest absolute Gasteiger partial charge is 0.299 e. The zero-order valence-corrected chi connectivity index (χ0v) is 7.15. The third-order valence-electron chi connectivity index (χ3n) is 1.68. The second-order valence-corrected chi connectivity index (χ2v) is 3.33. The molecule has 13 heavy (non-hydrogen) atoms. The first-order chi connectivity index (χ1) is 6.20. The number of nitro groups is 1. The van der Waals surface area contributed by atoms with Gasteiger partial charge in [-0.05, 0) is 5.38 Å². The van der Waals surface area contributed by atoms with Crippen molar-refractivity contribution >= 4 is 27.2 Å². The maximum absolute atomic E-state index is 11.1. The van der Waals surface area contributed by atoms with Crippen LogP contribution < -0.4 is 4.73 Å². The molecule has 0 saturated carbocycles. The van der Waals surface area contributed by atoms with Gasteiger partial charge in [-0.25, -0.2) is 0 Å². The van der Waals surface area contributed by atoms with Crippen molar-refractivity contribution in [3.05, 3.63) is 39.0 Å². The summed E-state index contributed by atoms with van der Waals surface area (Å²) in [6.45, 7) is 0. The quantitative estimate of drug-likeness (QED) is 0.300. The number of aromatic nitrogens is 1. The van der Waals surface area contributed by atoms with Crippen LogP contribution in [0.2, 0.25) is 0 Å². The Bertz CT molecular complexity index is 480. The molecule has 0 aliphatic heterocycles. The standard InChI is InChI=1S/C7H4N2O3S/c10-8-3-1-6(9(11)12)7-5(8)2-4-13-7/h1-4H. The minimum atomic E-state index is -0.487. The van der Waals surface area contributed by atoms with Crippen molar-refractivity contribution < 1.29 is 9.65 Å². The van der Waals surface area contributed by atoms with Crippen molar-refractivity contribution in [2.45, 2.75) is 0 Å². The van der Waals surface area contributed by atoms with Gasteiger partial charge in [0, 0.05) is 6.07 Å². The van der Waals surface area contributed by atoms with Crippen LogP contribution in [-0.4, -0.2) is 4.92 Å². The Morgan fingerprint density at radius 3 is 2.92 bits per heavy atom. The molecule has 2 aromatic rings. The van der Waals surface area contributed by atoms with E-state index in [0.717, 1.165) is 6.20 Å². The summed E-state index contributed by atoms with van der Waals surface area (Å²) in [6, 6.07) is 2.78. The highest BCUT2D eigenvalue weighted by molar-refractivity contribution is 7.17. The maximum atomic E-state index is 11.1. The van der Waals surface area contributed by atoms with Crippen LogP contribution >= 0.6 is 11.3 Å². The van der Waals surface area contributed by atoms with Gasteiger partial charge in [0.25, 0.3) is 5.69 Å². The monoisotopic (exact) mass is 196 g/mol. The average Bonchev–Trinajstić information content (AvgIpc) is 2.53. The molecule has 2 aromatic heterocycles. The van der Waals surface area contributed by atoms with Gasteiger partial charge >= 0.3 is 0 Å². The van der Waals surface area contributed by atoms with E-state index in [0.29, 0.717) is 14.9 Å². The predicted octanol–water partition coefficient (Wildman–Crippen LogP) is 1.44. The Labute approximate surface area is 76.6 Å². The molecule has 0 aliphatic rings. The first-order valence-electron chi connectivity index (χ1n) is 3.44. The van der Waals surface area contributed by atoms with E-state index < -0.39 is 4.92 Å². The molecule has 2 heterocycles. The van der Waals surface area contributed by atoms with Gasteiger partial charge in [-0.3, -0.25) is 10.1 Å². The molecular weight excluding hydrogens is 192 g/mol. The Morgan fingerprint density at radius 1 is 1.46 bits per heavy atom. The first kappa shape index (κ1) is 7.93. The van der Waals surface area contributed by atoms with Crippen LogP contribution in [0, 0.1) is 15.3 Å². The van der Waals surface area contributed by atoms with Gasteiger partial charge in [-0.15, -0.1) is 11.3 Å². The Hall–Kier alpha value is -1.69. The molecule has 0 spiro atoms. The van der Waals surface area contributed by atoms with Gasteiger partial charge in [0.15, 0.2) is 10.9 Å². The normalized spacial score (nSPS) is 10.5. The third kappa shape index (κ3) is 1.11. The first-order valence-corrected chi connectivity index (χ1v) is 4.32. The van der Waals surface area contributed by atoms with Crippen LogP contribution in [-0.2, 0) is 0 Å². The summed E-state index contributed by atoms with van der Waals surface area (Å²) >= 11 is 1.19. The molecule has 0 unspecified atom stereocenters. The molecule has 0 aliphatic carbocycles. The molecule has 6 heteroatoms. The number of pyridine rings is 1. The number of hydrogen-bond donors (Lipinski definition) is 0. The van der Waals surface area contributed by atoms with Crippen LogP contribution in [0.25, 0.3) is 10.2 Å². The molecule has 0 bridgehead atoms. The predicted molar refractivity (Wildman–Crippen MR) is 47.4 cm³/mol. The third-order valence-corrected chi connectivity index (χ3v) is 2.61. The number of thiophene rings is 1. The van der Waals surface area contributed by atoms with E-state index in [1.807, 2.05) is 0 Å². The lowest BCUT2D eigenvalue weighted by atomic mass is 10.3. The molecule has 0 saturated heterocycles. The molecule has 5 nitrogen and oxygen atoms in total. The van der Waals surface area contributed by atoms with E-state index >= 15 is 0 Å². The van der Waals surface area contributed by atoms with E-state index in [1.54, 1.807) is 11.4 Å². The maximum Gasteiger partial charge on any atom is 0.299 e. The molecule has 0 amide bonds. The number of hydrogen-bond acceptors (Lipinski definition) is 4. The zero-order chi connectivity index (χ0) is 9.42. The van der Waals surface area contributed by atoms with Gasteiger partial charge in [-0.1, -0.05) is 0 Å². The summed E-state index contributed by atoms with van der Waals surface area (Å²) in [5.74, 6) is 0. The highest BCUT2D eigenvalue weighted by atomic mass is 32.1. The zero-order valence-electron chi connectivity index (χ0n) is 6.34. The second-order valence-electron chi connectivity index (χ2n) is 2.42. The van der Waals surface area contributed by atoms with Gasteiger partial charge in [-0.2, -0.15) is 4.73 Å². The Kier molecular flexibility index (Phi) is 1.63. The lowest BCUT2D eigenvalue weighted by molar-refractivity contribution is -0.577. The average molecular weight is 196 g/mol. The number of fused-ring (bicyclic) bond motifs is 1. The second kappa shape index (κ2) is 2.67. The highest BCUT2D eigenvalue weighted by Crippen LogP contribution is 2.27. The summed E-state index contributed by atoms with van der Waals surface area (Å²) in [6.07, 6.45) is 1.15. The summed E-state index contributed by atoms with van der Waals surface area (Å²) in [5.41, 5.74) is 0.330. The number of nitrogens with zero attached hydrogens (tertiary/aromatic N) is 2. The van der Waals surface area contributed by atoms with Crippen molar-refractivity contribution in [3.8, 4) is 0 Å². The molecular formula is C7H4N2O3S. The van der Waals surface area contributed by atoms with Gasteiger partial charge in [0.1, 0.15) is 0 Å². The summed E-state index contributed by atoms with van der Waals surface area (Å²) < 4.78 is 1.04. The molecule has 0 atom stereocenters. The summed E-state index contributed by atoms with van der Waals surface area (Å²) in [4.78, 5) is 10.0. The van der Waals surface area contributed by atoms with Crippen LogP contribution in [0.5, 0.6) is 0 Å². The number of rotatable bonds is 1. The van der Waals surface area contributed by atoms with Crippen molar-refractivity contribution in [2.24, 2.45) is 0 Å². The lowest BCUT2D eigenvalue weighted by Gasteiger charge is -1.96. The van der Waals surface area contributed by atoms with Crippen molar-refractivity contribution in [2.75, 3.05) is 0 Å². The molecule has 0 N–H and O–H groups in total. The minimum Gasteiger partial charge on any atom is -0.618 e. The van der Waals surface area contributed by atoms with Crippen LogP contribution in [0.15, 0.2) is 23.7 Å². The fraction of sp³-hybridized carbons (Fsp3) is 0. The largest absolute Gasteiger partial charge is 0.618 e. The fourth-order valence-corrected chi connectivity index (χ4v) is 1.98. The van der Waals surface area contributed by atoms with Gasteiger partial charge in [0.2, 0.25) is 5.52 Å². The van der Waals surface area contributed by atoms with Crippen LogP contribution in [0.4, 0.5) is 5.69 Å². The van der Waals surface area contributed by atoms with Crippen LogP contribution in [0.1, 0.15) is 0 Å². The fourth-order valence-electron chi connectivity index (χ4n) is 1.11. The van der Waals surface area contributed by atoms with E-state index in [4.69, 9.17) is 0 Å². The molecule has 0 radical (unpaired) electrons. The molecule has 0 aromatic carbocycles. The molecule has 2 rings (SSSR count). The highest BCUT2D eigenvalue weighted by Gasteiger charge is 2.18. The van der Waals surface area contributed by atoms with Crippen molar-refractivity contribution in [3.63, 3.8) is 0 Å². The topological polar surface area (TPSA) is 70.1 Å². The molecule has 0 fully saturated rings. The van der Waals surface area contributed by atoms with Crippen molar-refractivity contribution in [1.29, 1.82) is 0 Å². The SMILES string of the molecule is O=[N+]([O-])c1cc[n+]([O-])c2ccsc12. The van der Waals surface area contributed by atoms with Gasteiger partial charge in [0.05, 0.1) is 11.0 Å². The summed E-state index contributed by atoms with van der Waals surface area (Å²) in [5, 5.41) is 23.3. The van der Waals surface area contributed by atoms with E-state index in [9.17, 15) is 15.3 Å². The van der Waals surface area contributed by atoms with E-state index in [1.165, 1.54) is 17.4 Å². The van der Waals surface area contributed by atoms with Crippen LogP contribution in [0.3, 0.4) is 0 Å². The van der Waals surface area contributed by atoms with Gasteiger partial charge < -0.3 is 5.21 Å². The van der Waals surface area contributed by atoms with Crippen molar-refractivity contribution in [1.82, 2.24) is 0 Å². The van der Waals surface area contributed by atoms with E-state index in [-0.39, 0.29) is 5.69 Å².